The van der Waals surface area contributed by atoms with Crippen molar-refractivity contribution in [3.05, 3.63) is 59.5 Å². The highest BCUT2D eigenvalue weighted by molar-refractivity contribution is 6.21. The molecule has 1 aromatic heterocycles. The third kappa shape index (κ3) is 4.02. The molecule has 1 aromatic carbocycles. The lowest BCUT2D eigenvalue weighted by atomic mass is 10.1. The van der Waals surface area contributed by atoms with Crippen LogP contribution in [0.1, 0.15) is 52.7 Å². The summed E-state index contributed by atoms with van der Waals surface area (Å²) in [5.74, 6) is 0.265. The summed E-state index contributed by atoms with van der Waals surface area (Å²) in [6.07, 6.45) is 3.92. The summed E-state index contributed by atoms with van der Waals surface area (Å²) < 4.78 is 5.28. The Morgan fingerprint density at radius 1 is 1.12 bits per heavy atom. The number of carbonyl (C=O) groups excluding carboxylic acids is 3. The van der Waals surface area contributed by atoms with E-state index in [1.165, 1.54) is 4.90 Å². The number of furan rings is 1. The van der Waals surface area contributed by atoms with Crippen molar-refractivity contribution >= 4 is 17.7 Å². The predicted octanol–water partition coefficient (Wildman–Crippen LogP) is 2.79. The summed E-state index contributed by atoms with van der Waals surface area (Å²) >= 11 is 0. The summed E-state index contributed by atoms with van der Waals surface area (Å²) in [5.41, 5.74) is 0.877. The Hall–Kier alpha value is -2.89. The van der Waals surface area contributed by atoms with Crippen molar-refractivity contribution in [3.63, 3.8) is 0 Å². The van der Waals surface area contributed by atoms with Crippen molar-refractivity contribution in [1.82, 2.24) is 10.2 Å². The number of nitrogens with zero attached hydrogens (tertiary/aromatic N) is 1. The molecule has 0 bridgehead atoms. The Kier molecular flexibility index (Phi) is 5.51. The van der Waals surface area contributed by atoms with Gasteiger partial charge in [-0.05, 0) is 44.0 Å². The van der Waals surface area contributed by atoms with Gasteiger partial charge in [0.2, 0.25) is 5.91 Å². The first-order valence-corrected chi connectivity index (χ1v) is 8.83. The van der Waals surface area contributed by atoms with Crippen LogP contribution in [0.3, 0.4) is 0 Å². The fraction of sp³-hybridized carbons (Fsp3) is 0.350. The van der Waals surface area contributed by atoms with Crippen molar-refractivity contribution in [2.75, 3.05) is 6.54 Å². The Bertz CT molecular complexity index is 763. The lowest BCUT2D eigenvalue weighted by Crippen LogP contribution is -2.34. The molecule has 0 radical (unpaired) electrons. The maximum atomic E-state index is 12.3. The SMILES string of the molecule is C[C@H](CCc1ccco1)NC(=O)CCCN1C(=O)c2ccccc2C1=O. The molecule has 2 aromatic rings. The number of benzene rings is 1. The van der Waals surface area contributed by atoms with Gasteiger partial charge in [0.05, 0.1) is 17.4 Å². The van der Waals surface area contributed by atoms with Gasteiger partial charge in [0.25, 0.3) is 11.8 Å². The highest BCUT2D eigenvalue weighted by Gasteiger charge is 2.34. The Balaban J connectivity index is 1.40. The monoisotopic (exact) mass is 354 g/mol. The molecular weight excluding hydrogens is 332 g/mol. The van der Waals surface area contributed by atoms with Crippen molar-refractivity contribution in [2.45, 2.75) is 38.6 Å². The van der Waals surface area contributed by atoms with Gasteiger partial charge in [-0.3, -0.25) is 19.3 Å². The van der Waals surface area contributed by atoms with Gasteiger partial charge >= 0.3 is 0 Å². The van der Waals surface area contributed by atoms with Crippen LogP contribution in [0.5, 0.6) is 0 Å². The van der Waals surface area contributed by atoms with Crippen LogP contribution in [0.2, 0.25) is 0 Å². The van der Waals surface area contributed by atoms with Gasteiger partial charge in [0.15, 0.2) is 0 Å². The number of hydrogen-bond donors (Lipinski definition) is 1. The average Bonchev–Trinajstić information content (AvgIpc) is 3.23. The summed E-state index contributed by atoms with van der Waals surface area (Å²) in [4.78, 5) is 37.8. The lowest BCUT2D eigenvalue weighted by molar-refractivity contribution is -0.121. The van der Waals surface area contributed by atoms with Crippen molar-refractivity contribution in [3.8, 4) is 0 Å². The highest BCUT2D eigenvalue weighted by atomic mass is 16.3. The molecule has 0 aliphatic carbocycles. The minimum atomic E-state index is -0.280. The molecule has 1 atom stereocenters. The molecule has 26 heavy (non-hydrogen) atoms. The molecule has 6 heteroatoms. The van der Waals surface area contributed by atoms with E-state index in [0.717, 1.165) is 18.6 Å². The summed E-state index contributed by atoms with van der Waals surface area (Å²) in [5, 5.41) is 2.94. The minimum absolute atomic E-state index is 0.0342. The molecule has 3 amide bonds. The van der Waals surface area contributed by atoms with E-state index in [1.807, 2.05) is 19.1 Å². The van der Waals surface area contributed by atoms with E-state index in [2.05, 4.69) is 5.32 Å². The van der Waals surface area contributed by atoms with Gasteiger partial charge in [-0.1, -0.05) is 12.1 Å². The number of rotatable bonds is 8. The van der Waals surface area contributed by atoms with Crippen LogP contribution >= 0.6 is 0 Å². The minimum Gasteiger partial charge on any atom is -0.469 e. The molecule has 3 rings (SSSR count). The topological polar surface area (TPSA) is 79.6 Å². The molecule has 0 saturated carbocycles. The van der Waals surface area contributed by atoms with Crippen LogP contribution < -0.4 is 5.32 Å². The van der Waals surface area contributed by atoms with E-state index < -0.39 is 0 Å². The zero-order chi connectivity index (χ0) is 18.5. The van der Waals surface area contributed by atoms with Gasteiger partial charge < -0.3 is 9.73 Å². The van der Waals surface area contributed by atoms with Crippen LogP contribution in [0.25, 0.3) is 0 Å². The maximum Gasteiger partial charge on any atom is 0.261 e. The van der Waals surface area contributed by atoms with Gasteiger partial charge in [-0.15, -0.1) is 0 Å². The fourth-order valence-electron chi connectivity index (χ4n) is 3.07. The average molecular weight is 354 g/mol. The first-order valence-electron chi connectivity index (χ1n) is 8.83. The number of nitrogens with one attached hydrogen (secondary N) is 1. The molecule has 136 valence electrons. The van der Waals surface area contributed by atoms with Crippen molar-refractivity contribution in [1.29, 1.82) is 0 Å². The predicted molar refractivity (Wildman–Crippen MR) is 95.7 cm³/mol. The normalized spacial score (nSPS) is 14.4. The third-order valence-electron chi connectivity index (χ3n) is 4.47. The highest BCUT2D eigenvalue weighted by Crippen LogP contribution is 2.22. The molecule has 0 unspecified atom stereocenters. The van der Waals surface area contributed by atoms with Gasteiger partial charge in [0.1, 0.15) is 5.76 Å². The second-order valence-corrected chi connectivity index (χ2v) is 6.50. The quantitative estimate of drug-likeness (QED) is 0.739. The Labute approximate surface area is 152 Å². The zero-order valence-corrected chi connectivity index (χ0v) is 14.7. The van der Waals surface area contributed by atoms with E-state index in [4.69, 9.17) is 4.42 Å². The summed E-state index contributed by atoms with van der Waals surface area (Å²) in [7, 11) is 0. The van der Waals surface area contributed by atoms with Crippen LogP contribution in [-0.2, 0) is 11.2 Å². The van der Waals surface area contributed by atoms with Crippen LogP contribution in [0, 0.1) is 0 Å². The van der Waals surface area contributed by atoms with Crippen molar-refractivity contribution < 1.29 is 18.8 Å². The van der Waals surface area contributed by atoms with Gasteiger partial charge in [-0.2, -0.15) is 0 Å². The second-order valence-electron chi connectivity index (χ2n) is 6.50. The fourth-order valence-corrected chi connectivity index (χ4v) is 3.07. The van der Waals surface area contributed by atoms with E-state index in [9.17, 15) is 14.4 Å². The zero-order valence-electron chi connectivity index (χ0n) is 14.7. The standard InChI is InChI=1S/C20H22N2O4/c1-14(10-11-15-6-5-13-26-15)21-18(23)9-4-12-22-19(24)16-7-2-3-8-17(16)20(22)25/h2-3,5-8,13-14H,4,9-12H2,1H3,(H,21,23)/t14-/m1/s1. The molecule has 0 saturated heterocycles. The molecule has 2 heterocycles. The van der Waals surface area contributed by atoms with Gasteiger partial charge in [0, 0.05) is 25.4 Å². The number of fused-ring (bicyclic) bond motifs is 1. The summed E-state index contributed by atoms with van der Waals surface area (Å²) in [6, 6.07) is 10.6. The molecule has 1 aliphatic rings. The lowest BCUT2D eigenvalue weighted by Gasteiger charge is -2.15. The van der Waals surface area contributed by atoms with Gasteiger partial charge in [-0.25, -0.2) is 0 Å². The van der Waals surface area contributed by atoms with E-state index in [1.54, 1.807) is 30.5 Å². The molecular formula is C20H22N2O4. The number of imide groups is 1. The number of hydrogen-bond acceptors (Lipinski definition) is 4. The molecule has 1 aliphatic heterocycles. The number of carbonyl (C=O) groups is 3. The van der Waals surface area contributed by atoms with Crippen LogP contribution in [0.4, 0.5) is 0 Å². The first-order chi connectivity index (χ1) is 12.6. The smallest absolute Gasteiger partial charge is 0.261 e. The third-order valence-corrected chi connectivity index (χ3v) is 4.47. The molecule has 1 N–H and O–H groups in total. The van der Waals surface area contributed by atoms with E-state index in [-0.39, 0.29) is 36.7 Å². The molecule has 0 spiro atoms. The molecule has 0 fully saturated rings. The first kappa shape index (κ1) is 17.9. The Morgan fingerprint density at radius 3 is 2.42 bits per heavy atom. The largest absolute Gasteiger partial charge is 0.469 e. The number of amides is 3. The molecule has 6 nitrogen and oxygen atoms in total. The van der Waals surface area contributed by atoms with Crippen LogP contribution in [0.15, 0.2) is 47.1 Å². The van der Waals surface area contributed by atoms with Crippen LogP contribution in [-0.4, -0.2) is 35.2 Å². The second kappa shape index (κ2) is 7.99. The maximum absolute atomic E-state index is 12.3. The van der Waals surface area contributed by atoms with Crippen molar-refractivity contribution in [2.24, 2.45) is 0 Å². The Morgan fingerprint density at radius 2 is 1.81 bits per heavy atom. The summed E-state index contributed by atoms with van der Waals surface area (Å²) in [6.45, 7) is 2.20. The van der Waals surface area contributed by atoms with E-state index >= 15 is 0 Å². The van der Waals surface area contributed by atoms with E-state index in [0.29, 0.717) is 17.5 Å². The number of aryl methyl sites for hydroxylation is 1.